The van der Waals surface area contributed by atoms with Crippen molar-refractivity contribution >= 4 is 16.8 Å². The first-order chi connectivity index (χ1) is 14.3. The van der Waals surface area contributed by atoms with Crippen LogP contribution in [0.25, 0.3) is 10.9 Å². The predicted octanol–water partition coefficient (Wildman–Crippen LogP) is 4.12. The molecular formula is C23H26F2N4O. The molecule has 1 aliphatic rings. The number of nitrogens with zero attached hydrogens (tertiary/aromatic N) is 2. The van der Waals surface area contributed by atoms with Crippen molar-refractivity contribution in [2.24, 2.45) is 0 Å². The molecule has 30 heavy (non-hydrogen) atoms. The highest BCUT2D eigenvalue weighted by Gasteiger charge is 2.38. The lowest BCUT2D eigenvalue weighted by molar-refractivity contribution is -0.122. The van der Waals surface area contributed by atoms with Crippen molar-refractivity contribution in [3.05, 3.63) is 65.4 Å². The number of aromatic amines is 1. The Morgan fingerprint density at radius 3 is 2.67 bits per heavy atom. The van der Waals surface area contributed by atoms with Gasteiger partial charge in [0, 0.05) is 10.9 Å². The van der Waals surface area contributed by atoms with Gasteiger partial charge in [0.15, 0.2) is 11.6 Å². The van der Waals surface area contributed by atoms with Gasteiger partial charge in [-0.1, -0.05) is 18.2 Å². The molecule has 4 rings (SSSR count). The molecule has 0 spiro atoms. The van der Waals surface area contributed by atoms with E-state index in [4.69, 9.17) is 0 Å². The van der Waals surface area contributed by atoms with E-state index in [0.29, 0.717) is 5.56 Å². The van der Waals surface area contributed by atoms with E-state index in [1.54, 1.807) is 12.3 Å². The zero-order valence-corrected chi connectivity index (χ0v) is 17.2. The van der Waals surface area contributed by atoms with Crippen LogP contribution < -0.4 is 5.32 Å². The van der Waals surface area contributed by atoms with Crippen LogP contribution >= 0.6 is 0 Å². The summed E-state index contributed by atoms with van der Waals surface area (Å²) in [5.74, 6) is -1.97. The Bertz CT molecular complexity index is 1060. The number of benzene rings is 2. The smallest absolute Gasteiger partial charge is 0.224 e. The summed E-state index contributed by atoms with van der Waals surface area (Å²) in [5.41, 5.74) is 1.83. The van der Waals surface area contributed by atoms with Gasteiger partial charge in [0.2, 0.25) is 5.91 Å². The fourth-order valence-corrected chi connectivity index (χ4v) is 4.33. The van der Waals surface area contributed by atoms with Crippen molar-refractivity contribution in [2.45, 2.75) is 44.7 Å². The predicted molar refractivity (Wildman–Crippen MR) is 112 cm³/mol. The van der Waals surface area contributed by atoms with Gasteiger partial charge in [0.05, 0.1) is 24.2 Å². The molecule has 0 bridgehead atoms. The topological polar surface area (TPSA) is 61.0 Å². The van der Waals surface area contributed by atoms with Crippen LogP contribution in [-0.2, 0) is 11.2 Å². The van der Waals surface area contributed by atoms with Crippen molar-refractivity contribution < 1.29 is 13.6 Å². The Labute approximate surface area is 174 Å². The molecule has 2 heterocycles. The standard InChI is InChI=1S/C23H26F2N4O/c1-23(2,29-9-3-4-10-29)22(16-7-8-18(24)19(25)13-16)27-21(30)12-15-5-6-17-14-26-28-20(17)11-15/h5-8,11,13-14,22H,3-4,9-10,12H2,1-2H3,(H,26,28)(H,27,30). The van der Waals surface area contributed by atoms with Crippen LogP contribution in [0, 0.1) is 11.6 Å². The molecule has 158 valence electrons. The lowest BCUT2D eigenvalue weighted by atomic mass is 9.86. The summed E-state index contributed by atoms with van der Waals surface area (Å²) in [5, 5.41) is 11.0. The summed E-state index contributed by atoms with van der Waals surface area (Å²) < 4.78 is 27.5. The van der Waals surface area contributed by atoms with Crippen molar-refractivity contribution in [3.8, 4) is 0 Å². The zero-order chi connectivity index (χ0) is 21.3. The largest absolute Gasteiger partial charge is 0.347 e. The van der Waals surface area contributed by atoms with E-state index in [1.165, 1.54) is 6.07 Å². The second-order valence-corrected chi connectivity index (χ2v) is 8.49. The van der Waals surface area contributed by atoms with E-state index in [0.717, 1.165) is 48.5 Å². The third-order valence-corrected chi connectivity index (χ3v) is 6.08. The SMILES string of the molecule is CC(C)(C(NC(=O)Cc1ccc2cn[nH]c2c1)c1ccc(F)c(F)c1)N1CCCC1. The zero-order valence-electron chi connectivity index (χ0n) is 17.2. The lowest BCUT2D eigenvalue weighted by Gasteiger charge is -2.42. The summed E-state index contributed by atoms with van der Waals surface area (Å²) in [6, 6.07) is 9.11. The van der Waals surface area contributed by atoms with E-state index in [9.17, 15) is 13.6 Å². The molecule has 1 aliphatic heterocycles. The molecule has 0 radical (unpaired) electrons. The first kappa shape index (κ1) is 20.5. The number of halogens is 2. The number of carbonyl (C=O) groups is 1. The van der Waals surface area contributed by atoms with Gasteiger partial charge in [0.1, 0.15) is 0 Å². The van der Waals surface area contributed by atoms with Gasteiger partial charge >= 0.3 is 0 Å². The van der Waals surface area contributed by atoms with Crippen molar-refractivity contribution in [2.75, 3.05) is 13.1 Å². The molecular weight excluding hydrogens is 386 g/mol. The van der Waals surface area contributed by atoms with Crippen LogP contribution in [-0.4, -0.2) is 39.6 Å². The van der Waals surface area contributed by atoms with Gasteiger partial charge < -0.3 is 5.32 Å². The van der Waals surface area contributed by atoms with Crippen LogP contribution in [0.5, 0.6) is 0 Å². The van der Waals surface area contributed by atoms with Crippen molar-refractivity contribution in [3.63, 3.8) is 0 Å². The molecule has 1 atom stereocenters. The maximum Gasteiger partial charge on any atom is 0.224 e. The average Bonchev–Trinajstić information content (AvgIpc) is 3.40. The highest BCUT2D eigenvalue weighted by molar-refractivity contribution is 5.83. The molecule has 1 amide bonds. The fraction of sp³-hybridized carbons (Fsp3) is 0.391. The highest BCUT2D eigenvalue weighted by Crippen LogP contribution is 2.34. The Morgan fingerprint density at radius 1 is 1.17 bits per heavy atom. The number of amides is 1. The lowest BCUT2D eigenvalue weighted by Crippen LogP contribution is -2.53. The molecule has 0 aliphatic carbocycles. The van der Waals surface area contributed by atoms with Crippen LogP contribution in [0.15, 0.2) is 42.6 Å². The molecule has 1 fully saturated rings. The third-order valence-electron chi connectivity index (χ3n) is 6.08. The molecule has 3 aromatic rings. The quantitative estimate of drug-likeness (QED) is 0.640. The maximum atomic E-state index is 14.0. The van der Waals surface area contributed by atoms with Gasteiger partial charge in [-0.25, -0.2) is 8.78 Å². The van der Waals surface area contributed by atoms with Gasteiger partial charge in [-0.15, -0.1) is 0 Å². The normalized spacial score (nSPS) is 16.1. The summed E-state index contributed by atoms with van der Waals surface area (Å²) in [6.45, 7) is 5.92. The van der Waals surface area contributed by atoms with Crippen LogP contribution in [0.3, 0.4) is 0 Å². The first-order valence-electron chi connectivity index (χ1n) is 10.3. The summed E-state index contributed by atoms with van der Waals surface area (Å²) >= 11 is 0. The molecule has 2 N–H and O–H groups in total. The van der Waals surface area contributed by atoms with Crippen LogP contribution in [0.4, 0.5) is 8.78 Å². The Kier molecular flexibility index (Phi) is 5.56. The molecule has 1 saturated heterocycles. The van der Waals surface area contributed by atoms with Crippen LogP contribution in [0.1, 0.15) is 43.9 Å². The molecule has 0 saturated carbocycles. The minimum atomic E-state index is -0.909. The number of hydrogen-bond acceptors (Lipinski definition) is 3. The van der Waals surface area contributed by atoms with Gasteiger partial charge in [-0.3, -0.25) is 14.8 Å². The fourth-order valence-electron chi connectivity index (χ4n) is 4.33. The molecule has 5 nitrogen and oxygen atoms in total. The van der Waals surface area contributed by atoms with Gasteiger partial charge in [-0.05, 0) is 69.1 Å². The number of H-pyrrole nitrogens is 1. The Balaban J connectivity index is 1.59. The van der Waals surface area contributed by atoms with Crippen LogP contribution in [0.2, 0.25) is 0 Å². The van der Waals surface area contributed by atoms with Gasteiger partial charge in [0.25, 0.3) is 0 Å². The first-order valence-corrected chi connectivity index (χ1v) is 10.3. The number of rotatable bonds is 6. The summed E-state index contributed by atoms with van der Waals surface area (Å²) in [6.07, 6.45) is 4.10. The average molecular weight is 412 g/mol. The molecule has 7 heteroatoms. The molecule has 2 aromatic carbocycles. The summed E-state index contributed by atoms with van der Waals surface area (Å²) in [4.78, 5) is 15.3. The second kappa shape index (κ2) is 8.14. The highest BCUT2D eigenvalue weighted by atomic mass is 19.2. The van der Waals surface area contributed by atoms with Crippen molar-refractivity contribution in [1.29, 1.82) is 0 Å². The van der Waals surface area contributed by atoms with Crippen molar-refractivity contribution in [1.82, 2.24) is 20.4 Å². The van der Waals surface area contributed by atoms with E-state index in [1.807, 2.05) is 32.0 Å². The number of fused-ring (bicyclic) bond motifs is 1. The monoisotopic (exact) mass is 412 g/mol. The van der Waals surface area contributed by atoms with E-state index in [2.05, 4.69) is 20.4 Å². The molecule has 1 unspecified atom stereocenters. The number of nitrogens with one attached hydrogen (secondary N) is 2. The third kappa shape index (κ3) is 4.07. The Hall–Kier alpha value is -2.80. The Morgan fingerprint density at radius 2 is 1.93 bits per heavy atom. The number of likely N-dealkylation sites (tertiary alicyclic amines) is 1. The minimum absolute atomic E-state index is 0.170. The molecule has 1 aromatic heterocycles. The maximum absolute atomic E-state index is 14.0. The minimum Gasteiger partial charge on any atom is -0.347 e. The second-order valence-electron chi connectivity index (χ2n) is 8.49. The van der Waals surface area contributed by atoms with E-state index in [-0.39, 0.29) is 12.3 Å². The number of aromatic nitrogens is 2. The van der Waals surface area contributed by atoms with E-state index < -0.39 is 23.2 Å². The number of carbonyl (C=O) groups excluding carboxylic acids is 1. The van der Waals surface area contributed by atoms with Gasteiger partial charge in [-0.2, -0.15) is 5.10 Å². The number of hydrogen-bond donors (Lipinski definition) is 2. The summed E-state index contributed by atoms with van der Waals surface area (Å²) in [7, 11) is 0. The van der Waals surface area contributed by atoms with E-state index >= 15 is 0 Å².